The lowest BCUT2D eigenvalue weighted by Gasteiger charge is -2.23. The van der Waals surface area contributed by atoms with E-state index < -0.39 is 17.9 Å². The van der Waals surface area contributed by atoms with Crippen molar-refractivity contribution in [3.63, 3.8) is 0 Å². The Hall–Kier alpha value is -5.44. The van der Waals surface area contributed by atoms with E-state index >= 15 is 0 Å². The summed E-state index contributed by atoms with van der Waals surface area (Å²) in [5.74, 6) is -0.920. The monoisotopic (exact) mass is 536 g/mol. The minimum atomic E-state index is -0.971. The van der Waals surface area contributed by atoms with E-state index in [0.717, 1.165) is 0 Å². The van der Waals surface area contributed by atoms with Crippen LogP contribution in [0.15, 0.2) is 103 Å². The molecule has 5 N–H and O–H groups in total. The molecule has 0 aliphatic heterocycles. The molecule has 0 spiro atoms. The van der Waals surface area contributed by atoms with Crippen molar-refractivity contribution < 1.29 is 23.9 Å². The molecule has 1 unspecified atom stereocenters. The minimum absolute atomic E-state index is 0.114. The fraction of sp³-hybridized carbons (Fsp3) is 0.0968. The van der Waals surface area contributed by atoms with Gasteiger partial charge in [0.25, 0.3) is 5.91 Å². The van der Waals surface area contributed by atoms with Gasteiger partial charge in [-0.2, -0.15) is 0 Å². The van der Waals surface area contributed by atoms with Crippen LogP contribution in [0.25, 0.3) is 0 Å². The molecule has 0 aliphatic carbocycles. The van der Waals surface area contributed by atoms with Gasteiger partial charge in [0, 0.05) is 33.6 Å². The molecule has 0 radical (unpaired) electrons. The third-order valence-electron chi connectivity index (χ3n) is 6.00. The number of para-hydroxylation sites is 1. The van der Waals surface area contributed by atoms with Gasteiger partial charge in [-0.25, -0.2) is 4.79 Å². The zero-order valence-corrected chi connectivity index (χ0v) is 21.7. The highest BCUT2D eigenvalue weighted by atomic mass is 16.6. The van der Waals surface area contributed by atoms with Crippen LogP contribution in [0.4, 0.5) is 11.4 Å². The molecule has 40 heavy (non-hydrogen) atoms. The molecule has 0 aliphatic rings. The normalized spacial score (nSPS) is 11.1. The van der Waals surface area contributed by atoms with E-state index in [9.17, 15) is 14.4 Å². The number of nitrogens with one attached hydrogen (secondary N) is 3. The molecule has 0 fully saturated rings. The topological polar surface area (TPSA) is 144 Å². The third kappa shape index (κ3) is 6.90. The lowest BCUT2D eigenvalue weighted by Crippen LogP contribution is -2.28. The maximum Gasteiger partial charge on any atom is 0.343 e. The summed E-state index contributed by atoms with van der Waals surface area (Å²) in [6.07, 6.45) is 0. The van der Waals surface area contributed by atoms with Crippen LogP contribution >= 0.6 is 0 Å². The fourth-order valence-electron chi connectivity index (χ4n) is 3.95. The van der Waals surface area contributed by atoms with Crippen molar-refractivity contribution in [1.82, 2.24) is 0 Å². The second kappa shape index (κ2) is 12.9. The van der Waals surface area contributed by atoms with Gasteiger partial charge in [-0.1, -0.05) is 60.7 Å². The van der Waals surface area contributed by atoms with Crippen molar-refractivity contribution in [1.29, 1.82) is 5.41 Å². The lowest BCUT2D eigenvalue weighted by molar-refractivity contribution is -0.142. The van der Waals surface area contributed by atoms with Crippen molar-refractivity contribution in [2.45, 2.75) is 6.04 Å². The molecule has 4 rings (SSSR count). The van der Waals surface area contributed by atoms with Gasteiger partial charge in [0.15, 0.2) is 12.4 Å². The number of hydrogen-bond donors (Lipinski definition) is 4. The molecule has 9 heteroatoms. The summed E-state index contributed by atoms with van der Waals surface area (Å²) in [6.45, 7) is -0.335. The Labute approximate surface area is 231 Å². The summed E-state index contributed by atoms with van der Waals surface area (Å²) in [7, 11) is 1.26. The summed E-state index contributed by atoms with van der Waals surface area (Å²) in [5, 5.41) is 13.8. The molecule has 1 atom stereocenters. The van der Waals surface area contributed by atoms with Crippen LogP contribution in [0.3, 0.4) is 0 Å². The van der Waals surface area contributed by atoms with Gasteiger partial charge in [0.05, 0.1) is 7.11 Å². The number of nitrogen functional groups attached to an aromatic ring is 1. The van der Waals surface area contributed by atoms with E-state index in [-0.39, 0.29) is 18.2 Å². The van der Waals surface area contributed by atoms with E-state index in [1.54, 1.807) is 97.1 Å². The maximum absolute atomic E-state index is 13.7. The number of ether oxygens (including phenoxy) is 2. The Morgan fingerprint density at radius 3 is 2.15 bits per heavy atom. The molecule has 202 valence electrons. The van der Waals surface area contributed by atoms with Crippen molar-refractivity contribution in [3.05, 3.63) is 125 Å². The van der Waals surface area contributed by atoms with Crippen LogP contribution in [-0.4, -0.2) is 37.2 Å². The fourth-order valence-corrected chi connectivity index (χ4v) is 3.95. The Balaban J connectivity index is 1.61. The van der Waals surface area contributed by atoms with Gasteiger partial charge in [-0.3, -0.25) is 15.0 Å². The van der Waals surface area contributed by atoms with Crippen LogP contribution in [0.2, 0.25) is 0 Å². The number of nitrogens with two attached hydrogens (primary N) is 1. The Morgan fingerprint density at radius 1 is 0.800 bits per heavy atom. The van der Waals surface area contributed by atoms with Crippen LogP contribution in [0.5, 0.6) is 5.75 Å². The van der Waals surface area contributed by atoms with Crippen molar-refractivity contribution in [3.8, 4) is 5.75 Å². The molecule has 9 nitrogen and oxygen atoms in total. The van der Waals surface area contributed by atoms with Crippen LogP contribution in [0.1, 0.15) is 33.1 Å². The number of methoxy groups -OCH3 is 1. The summed E-state index contributed by atoms with van der Waals surface area (Å²) in [5.41, 5.74) is 8.68. The molecular formula is C31H28N4O5. The zero-order valence-electron chi connectivity index (χ0n) is 21.7. The molecule has 4 aromatic carbocycles. The zero-order chi connectivity index (χ0) is 28.5. The average molecular weight is 537 g/mol. The largest absolute Gasteiger partial charge is 0.482 e. The lowest BCUT2D eigenvalue weighted by atomic mass is 10.0. The summed E-state index contributed by atoms with van der Waals surface area (Å²) in [4.78, 5) is 38.1. The predicted octanol–water partition coefficient (Wildman–Crippen LogP) is 4.55. The number of rotatable bonds is 11. The number of carbonyl (C=O) groups is 3. The number of carbonyl (C=O) groups excluding carboxylic acids is 3. The number of amidine groups is 1. The highest BCUT2D eigenvalue weighted by Crippen LogP contribution is 2.30. The molecule has 0 aromatic heterocycles. The first-order valence-electron chi connectivity index (χ1n) is 12.4. The molecular weight excluding hydrogens is 508 g/mol. The van der Waals surface area contributed by atoms with E-state index in [4.69, 9.17) is 15.9 Å². The number of amides is 1. The summed E-state index contributed by atoms with van der Waals surface area (Å²) < 4.78 is 10.3. The standard InChI is InChI=1S/C31H28N4O5/c1-39-27(36)19-40-26-13-6-5-12-25(26)28(34-24-11-7-10-22(18-24)30(32)33)31(38)35-23-16-14-21(15-17-23)29(37)20-8-3-2-4-9-20/h2-18,28,34H,19H2,1H3,(H3,32,33)(H,35,38). The van der Waals surface area contributed by atoms with Crippen molar-refractivity contribution >= 4 is 34.9 Å². The smallest absolute Gasteiger partial charge is 0.343 e. The number of ketones is 1. The second-order valence-electron chi connectivity index (χ2n) is 8.74. The Morgan fingerprint density at radius 2 is 1.45 bits per heavy atom. The third-order valence-corrected chi connectivity index (χ3v) is 6.00. The number of hydrogen-bond acceptors (Lipinski definition) is 7. The minimum Gasteiger partial charge on any atom is -0.482 e. The maximum atomic E-state index is 13.7. The van der Waals surface area contributed by atoms with Crippen LogP contribution in [0, 0.1) is 5.41 Å². The van der Waals surface area contributed by atoms with E-state index in [2.05, 4.69) is 15.4 Å². The van der Waals surface area contributed by atoms with Crippen LogP contribution in [-0.2, 0) is 14.3 Å². The molecule has 0 saturated heterocycles. The molecule has 1 amide bonds. The Bertz CT molecular complexity index is 1520. The Kier molecular flexibility index (Phi) is 8.88. The molecule has 0 heterocycles. The van der Waals surface area contributed by atoms with Gasteiger partial charge < -0.3 is 25.8 Å². The second-order valence-corrected chi connectivity index (χ2v) is 8.74. The van der Waals surface area contributed by atoms with E-state index in [1.165, 1.54) is 7.11 Å². The van der Waals surface area contributed by atoms with Gasteiger partial charge in [0.1, 0.15) is 17.6 Å². The molecule has 4 aromatic rings. The van der Waals surface area contributed by atoms with Gasteiger partial charge in [-0.05, 0) is 42.5 Å². The summed E-state index contributed by atoms with van der Waals surface area (Å²) in [6, 6.07) is 28.2. The van der Waals surface area contributed by atoms with E-state index in [1.807, 2.05) is 6.07 Å². The average Bonchev–Trinajstić information content (AvgIpc) is 2.99. The van der Waals surface area contributed by atoms with Gasteiger partial charge in [0.2, 0.25) is 0 Å². The molecule has 0 bridgehead atoms. The van der Waals surface area contributed by atoms with Gasteiger partial charge >= 0.3 is 5.97 Å². The highest BCUT2D eigenvalue weighted by Gasteiger charge is 2.25. The number of esters is 1. The SMILES string of the molecule is COC(=O)COc1ccccc1C(Nc1cccc(C(=N)N)c1)C(=O)Nc1ccc(C(=O)c2ccccc2)cc1. The van der Waals surface area contributed by atoms with Crippen molar-refractivity contribution in [2.75, 3.05) is 24.4 Å². The number of benzene rings is 4. The number of anilines is 2. The van der Waals surface area contributed by atoms with E-state index in [0.29, 0.717) is 39.4 Å². The van der Waals surface area contributed by atoms with Crippen LogP contribution < -0.4 is 21.1 Å². The first kappa shape index (κ1) is 27.6. The van der Waals surface area contributed by atoms with Crippen molar-refractivity contribution in [2.24, 2.45) is 5.73 Å². The highest BCUT2D eigenvalue weighted by molar-refractivity contribution is 6.09. The predicted molar refractivity (Wildman–Crippen MR) is 153 cm³/mol. The first-order chi connectivity index (χ1) is 19.4. The van der Waals surface area contributed by atoms with Gasteiger partial charge in [-0.15, -0.1) is 0 Å². The summed E-state index contributed by atoms with van der Waals surface area (Å²) >= 11 is 0. The quantitative estimate of drug-likeness (QED) is 0.0953. The first-order valence-corrected chi connectivity index (χ1v) is 12.4. The molecule has 0 saturated carbocycles.